The number of amides is 1. The average molecular weight is 359 g/mol. The molecule has 0 aliphatic heterocycles. The maximum absolute atomic E-state index is 11.9. The normalized spacial score (nSPS) is 11.6. The summed E-state index contributed by atoms with van der Waals surface area (Å²) in [6.45, 7) is 6.52. The third-order valence-corrected chi connectivity index (χ3v) is 3.74. The van der Waals surface area contributed by atoms with E-state index in [4.69, 9.17) is 0 Å². The molecule has 0 unspecified atom stereocenters. The van der Waals surface area contributed by atoms with Crippen molar-refractivity contribution in [3.05, 3.63) is 69.7 Å². The smallest absolute Gasteiger partial charge is 0.267 e. The molecule has 0 aromatic heterocycles. The lowest BCUT2D eigenvalue weighted by Gasteiger charge is -2.18. The number of nitrogens with zero attached hydrogens (tertiary/aromatic N) is 1. The van der Waals surface area contributed by atoms with Gasteiger partial charge in [-0.1, -0.05) is 67.0 Å². The molecular formula is C18H19BrN2O. The number of carbonyl (C=O) groups is 1. The number of rotatable bonds is 3. The molecule has 0 aliphatic carbocycles. The number of hydrazone groups is 1. The molecule has 0 atom stereocenters. The van der Waals surface area contributed by atoms with Gasteiger partial charge in [0, 0.05) is 10.0 Å². The summed E-state index contributed by atoms with van der Waals surface area (Å²) in [5, 5.41) is 4.00. The molecule has 2 rings (SSSR count). The Kier molecular flexibility index (Phi) is 5.14. The molecule has 4 heteroatoms. The lowest BCUT2D eigenvalue weighted by molar-refractivity contribution is 0.0955. The topological polar surface area (TPSA) is 41.5 Å². The molecule has 3 nitrogen and oxygen atoms in total. The first kappa shape index (κ1) is 16.4. The number of hydrogen-bond acceptors (Lipinski definition) is 2. The second-order valence-electron chi connectivity index (χ2n) is 6.08. The summed E-state index contributed by atoms with van der Waals surface area (Å²) in [6.07, 6.45) is 1.64. The van der Waals surface area contributed by atoms with E-state index in [-0.39, 0.29) is 11.3 Å². The van der Waals surface area contributed by atoms with Gasteiger partial charge < -0.3 is 0 Å². The zero-order valence-electron chi connectivity index (χ0n) is 12.9. The van der Waals surface area contributed by atoms with Crippen LogP contribution in [0.4, 0.5) is 0 Å². The van der Waals surface area contributed by atoms with Gasteiger partial charge in [0.2, 0.25) is 0 Å². The fourth-order valence-corrected chi connectivity index (χ4v) is 2.33. The molecular weight excluding hydrogens is 340 g/mol. The zero-order valence-corrected chi connectivity index (χ0v) is 14.5. The van der Waals surface area contributed by atoms with E-state index >= 15 is 0 Å². The van der Waals surface area contributed by atoms with E-state index in [9.17, 15) is 4.79 Å². The summed E-state index contributed by atoms with van der Waals surface area (Å²) in [5.74, 6) is -0.233. The Morgan fingerprint density at radius 1 is 1.14 bits per heavy atom. The summed E-state index contributed by atoms with van der Waals surface area (Å²) in [7, 11) is 0. The van der Waals surface area contributed by atoms with E-state index in [1.54, 1.807) is 18.3 Å². The van der Waals surface area contributed by atoms with Crippen LogP contribution >= 0.6 is 15.9 Å². The molecule has 0 bridgehead atoms. The van der Waals surface area contributed by atoms with Crippen LogP contribution in [0.5, 0.6) is 0 Å². The van der Waals surface area contributed by atoms with Gasteiger partial charge in [0.1, 0.15) is 0 Å². The highest BCUT2D eigenvalue weighted by atomic mass is 79.9. The van der Waals surface area contributed by atoms with Crippen LogP contribution in [0.2, 0.25) is 0 Å². The molecule has 114 valence electrons. The fourth-order valence-electron chi connectivity index (χ4n) is 1.93. The SMILES string of the molecule is CC(C)(C)c1ccc(/C=N/NC(=O)c2cccc(Br)c2)cc1. The van der Waals surface area contributed by atoms with E-state index in [0.717, 1.165) is 10.0 Å². The third-order valence-electron chi connectivity index (χ3n) is 3.24. The minimum atomic E-state index is -0.233. The number of nitrogens with one attached hydrogen (secondary N) is 1. The van der Waals surface area contributed by atoms with Crippen LogP contribution in [0.15, 0.2) is 58.1 Å². The number of carbonyl (C=O) groups excluding carboxylic acids is 1. The number of halogens is 1. The lowest BCUT2D eigenvalue weighted by atomic mass is 9.87. The predicted octanol–water partition coefficient (Wildman–Crippen LogP) is 4.51. The van der Waals surface area contributed by atoms with Crippen molar-refractivity contribution in [1.29, 1.82) is 0 Å². The summed E-state index contributed by atoms with van der Waals surface area (Å²) >= 11 is 3.34. The Hall–Kier alpha value is -1.94. The number of benzene rings is 2. The van der Waals surface area contributed by atoms with Crippen molar-refractivity contribution in [2.24, 2.45) is 5.10 Å². The molecule has 0 saturated heterocycles. The van der Waals surface area contributed by atoms with E-state index in [2.05, 4.69) is 59.4 Å². The Morgan fingerprint density at radius 3 is 2.41 bits per heavy atom. The monoisotopic (exact) mass is 358 g/mol. The molecule has 0 fully saturated rings. The molecule has 0 saturated carbocycles. The van der Waals surface area contributed by atoms with Crippen molar-refractivity contribution in [2.45, 2.75) is 26.2 Å². The second kappa shape index (κ2) is 6.88. The minimum absolute atomic E-state index is 0.130. The fraction of sp³-hybridized carbons (Fsp3) is 0.222. The largest absolute Gasteiger partial charge is 0.271 e. The van der Waals surface area contributed by atoms with Crippen molar-refractivity contribution in [3.8, 4) is 0 Å². The second-order valence-corrected chi connectivity index (χ2v) is 7.00. The van der Waals surface area contributed by atoms with E-state index in [1.807, 2.05) is 24.3 Å². The summed E-state index contributed by atoms with van der Waals surface area (Å²) < 4.78 is 0.863. The highest BCUT2D eigenvalue weighted by Gasteiger charge is 2.12. The van der Waals surface area contributed by atoms with E-state index < -0.39 is 0 Å². The first-order chi connectivity index (χ1) is 10.4. The maximum atomic E-state index is 11.9. The lowest BCUT2D eigenvalue weighted by Crippen LogP contribution is -2.17. The van der Waals surface area contributed by atoms with Crippen molar-refractivity contribution < 1.29 is 4.79 Å². The molecule has 1 N–H and O–H groups in total. The highest BCUT2D eigenvalue weighted by Crippen LogP contribution is 2.21. The Balaban J connectivity index is 1.99. The van der Waals surface area contributed by atoms with Crippen LogP contribution in [0.1, 0.15) is 42.3 Å². The van der Waals surface area contributed by atoms with Crippen molar-refractivity contribution in [1.82, 2.24) is 5.43 Å². The van der Waals surface area contributed by atoms with Crippen LogP contribution in [0.3, 0.4) is 0 Å². The maximum Gasteiger partial charge on any atom is 0.271 e. The zero-order chi connectivity index (χ0) is 16.2. The minimum Gasteiger partial charge on any atom is -0.267 e. The Bertz CT molecular complexity index is 685. The quantitative estimate of drug-likeness (QED) is 0.636. The Labute approximate surface area is 139 Å². The molecule has 2 aromatic carbocycles. The Morgan fingerprint density at radius 2 is 1.82 bits per heavy atom. The third kappa shape index (κ3) is 4.53. The first-order valence-electron chi connectivity index (χ1n) is 7.06. The van der Waals surface area contributed by atoms with Crippen LogP contribution in [0, 0.1) is 0 Å². The van der Waals surface area contributed by atoms with Gasteiger partial charge in [-0.25, -0.2) is 5.43 Å². The molecule has 0 spiro atoms. The van der Waals surface area contributed by atoms with Crippen molar-refractivity contribution in [2.75, 3.05) is 0 Å². The van der Waals surface area contributed by atoms with Crippen LogP contribution < -0.4 is 5.43 Å². The molecule has 1 amide bonds. The molecule has 2 aromatic rings. The van der Waals surface area contributed by atoms with Gasteiger partial charge >= 0.3 is 0 Å². The predicted molar refractivity (Wildman–Crippen MR) is 94.3 cm³/mol. The van der Waals surface area contributed by atoms with Gasteiger partial charge in [-0.3, -0.25) is 4.79 Å². The summed E-state index contributed by atoms with van der Waals surface area (Å²) in [4.78, 5) is 11.9. The highest BCUT2D eigenvalue weighted by molar-refractivity contribution is 9.10. The van der Waals surface area contributed by atoms with Gasteiger partial charge in [-0.05, 0) is 34.7 Å². The van der Waals surface area contributed by atoms with Gasteiger partial charge in [0.05, 0.1) is 6.21 Å². The summed E-state index contributed by atoms with van der Waals surface area (Å²) in [5.41, 5.74) is 5.44. The van der Waals surface area contributed by atoms with Gasteiger partial charge in [0.25, 0.3) is 5.91 Å². The summed E-state index contributed by atoms with van der Waals surface area (Å²) in [6, 6.07) is 15.3. The van der Waals surface area contributed by atoms with E-state index in [0.29, 0.717) is 5.56 Å². The molecule has 0 aliphatic rings. The van der Waals surface area contributed by atoms with Gasteiger partial charge in [-0.2, -0.15) is 5.10 Å². The van der Waals surface area contributed by atoms with Crippen molar-refractivity contribution >= 4 is 28.1 Å². The average Bonchev–Trinajstić information content (AvgIpc) is 2.47. The van der Waals surface area contributed by atoms with Crippen LogP contribution in [-0.2, 0) is 5.41 Å². The van der Waals surface area contributed by atoms with Gasteiger partial charge in [-0.15, -0.1) is 0 Å². The van der Waals surface area contributed by atoms with Crippen LogP contribution in [0.25, 0.3) is 0 Å². The standard InChI is InChI=1S/C18H19BrN2O/c1-18(2,3)15-9-7-13(8-10-15)12-20-21-17(22)14-5-4-6-16(19)11-14/h4-12H,1-3H3,(H,21,22)/b20-12+. The number of hydrogen-bond donors (Lipinski definition) is 1. The van der Waals surface area contributed by atoms with Crippen molar-refractivity contribution in [3.63, 3.8) is 0 Å². The van der Waals surface area contributed by atoms with E-state index in [1.165, 1.54) is 5.56 Å². The van der Waals surface area contributed by atoms with Crippen LogP contribution in [-0.4, -0.2) is 12.1 Å². The molecule has 0 heterocycles. The van der Waals surface area contributed by atoms with Gasteiger partial charge in [0.15, 0.2) is 0 Å². The first-order valence-corrected chi connectivity index (χ1v) is 7.85. The molecule has 0 radical (unpaired) electrons. The molecule has 22 heavy (non-hydrogen) atoms.